The zero-order chi connectivity index (χ0) is 26.3. The highest BCUT2D eigenvalue weighted by atomic mass is 32.3. The molecule has 5 aromatic rings. The number of hydrogen-bond donors (Lipinski definition) is 1. The van der Waals surface area contributed by atoms with Crippen LogP contribution in [0, 0.1) is 11.3 Å². The fourth-order valence-corrected chi connectivity index (χ4v) is 5.20. The van der Waals surface area contributed by atoms with Crippen molar-refractivity contribution in [3.8, 4) is 22.9 Å². The zero-order valence-electron chi connectivity index (χ0n) is 20.2. The van der Waals surface area contributed by atoms with Crippen LogP contribution in [-0.4, -0.2) is 23.0 Å². The third-order valence-electron chi connectivity index (χ3n) is 6.50. The summed E-state index contributed by atoms with van der Waals surface area (Å²) in [6.07, 6.45) is 5.15. The third-order valence-corrected chi connectivity index (χ3v) is 6.89. The fourth-order valence-electron chi connectivity index (χ4n) is 4.88. The number of H-pyrrole nitrogens is 1. The van der Waals surface area contributed by atoms with Crippen LogP contribution in [0.2, 0.25) is 0 Å². The summed E-state index contributed by atoms with van der Waals surface area (Å²) in [5.41, 5.74) is 4.60. The maximum absolute atomic E-state index is 13.8. The summed E-state index contributed by atoms with van der Waals surface area (Å²) in [5.74, 6) is -0.242. The standard InChI is InChI=1S/C27H23FN4O4S/c1-3-5-6-17-11-22-24(12-21(17)18-10-19(15-30-14-18)36-37(28,34)35)32(4-2)27-25(26(22)33)20-8-7-16(13-29)9-23(20)31-27/h7-12,14-15,31H,3-6H2,1-2H3. The summed E-state index contributed by atoms with van der Waals surface area (Å²) in [7, 11) is -5.20. The van der Waals surface area contributed by atoms with E-state index in [-0.39, 0.29) is 11.2 Å². The monoisotopic (exact) mass is 518 g/mol. The summed E-state index contributed by atoms with van der Waals surface area (Å²) in [6, 6.07) is 12.5. The Morgan fingerprint density at radius 1 is 1.14 bits per heavy atom. The second-order valence-corrected chi connectivity index (χ2v) is 9.76. The first-order valence-electron chi connectivity index (χ1n) is 11.9. The molecule has 0 spiro atoms. The molecular formula is C27H23FN4O4S. The summed E-state index contributed by atoms with van der Waals surface area (Å²) in [4.78, 5) is 21.2. The number of benzene rings is 2. The minimum atomic E-state index is -5.20. The van der Waals surface area contributed by atoms with Crippen molar-refractivity contribution in [2.24, 2.45) is 0 Å². The average Bonchev–Trinajstić information content (AvgIpc) is 3.25. The maximum Gasteiger partial charge on any atom is 0.488 e. The van der Waals surface area contributed by atoms with Crippen LogP contribution in [0.15, 0.2) is 53.6 Å². The molecule has 0 aliphatic heterocycles. The molecule has 0 bridgehead atoms. The van der Waals surface area contributed by atoms with E-state index in [0.29, 0.717) is 51.5 Å². The minimum Gasteiger partial charge on any atom is -0.357 e. The highest BCUT2D eigenvalue weighted by Crippen LogP contribution is 2.33. The molecule has 37 heavy (non-hydrogen) atoms. The van der Waals surface area contributed by atoms with Gasteiger partial charge in [-0.25, -0.2) is 0 Å². The fraction of sp³-hybridized carbons (Fsp3) is 0.222. The van der Waals surface area contributed by atoms with Crippen molar-refractivity contribution in [1.29, 1.82) is 5.26 Å². The lowest BCUT2D eigenvalue weighted by atomic mass is 9.94. The number of pyridine rings is 2. The predicted octanol–water partition coefficient (Wildman–Crippen LogP) is 5.53. The number of aryl methyl sites for hydroxylation is 2. The number of rotatable bonds is 7. The molecule has 3 aromatic heterocycles. The van der Waals surface area contributed by atoms with Crippen molar-refractivity contribution >= 4 is 43.3 Å². The first kappa shape index (κ1) is 24.5. The molecule has 2 aromatic carbocycles. The van der Waals surface area contributed by atoms with Crippen LogP contribution >= 0.6 is 0 Å². The van der Waals surface area contributed by atoms with Crippen LogP contribution in [0.25, 0.3) is 44.0 Å². The molecule has 0 unspecified atom stereocenters. The van der Waals surface area contributed by atoms with Gasteiger partial charge in [0.05, 0.1) is 28.7 Å². The van der Waals surface area contributed by atoms with Crippen LogP contribution in [0.3, 0.4) is 0 Å². The number of nitrogens with one attached hydrogen (secondary N) is 1. The summed E-state index contributed by atoms with van der Waals surface area (Å²) in [6.45, 7) is 4.60. The van der Waals surface area contributed by atoms with E-state index in [0.717, 1.165) is 35.6 Å². The molecule has 188 valence electrons. The van der Waals surface area contributed by atoms with Crippen molar-refractivity contribution in [3.05, 3.63) is 70.1 Å². The molecule has 0 fully saturated rings. The Bertz CT molecular complexity index is 1900. The Kier molecular flexibility index (Phi) is 6.17. The van der Waals surface area contributed by atoms with E-state index in [1.54, 1.807) is 24.4 Å². The highest BCUT2D eigenvalue weighted by Gasteiger charge is 2.19. The first-order chi connectivity index (χ1) is 17.7. The molecule has 5 rings (SSSR count). The highest BCUT2D eigenvalue weighted by molar-refractivity contribution is 7.81. The Balaban J connectivity index is 1.84. The molecule has 0 amide bonds. The smallest absolute Gasteiger partial charge is 0.357 e. The Morgan fingerprint density at radius 2 is 1.95 bits per heavy atom. The van der Waals surface area contributed by atoms with Crippen molar-refractivity contribution in [1.82, 2.24) is 14.5 Å². The molecule has 8 nitrogen and oxygen atoms in total. The van der Waals surface area contributed by atoms with Crippen molar-refractivity contribution in [3.63, 3.8) is 0 Å². The Morgan fingerprint density at radius 3 is 2.65 bits per heavy atom. The normalized spacial score (nSPS) is 11.8. The molecule has 0 saturated heterocycles. The first-order valence-corrected chi connectivity index (χ1v) is 13.2. The molecule has 1 N–H and O–H groups in total. The van der Waals surface area contributed by atoms with E-state index in [2.05, 4.69) is 27.1 Å². The second-order valence-electron chi connectivity index (χ2n) is 8.81. The number of fused-ring (bicyclic) bond motifs is 4. The summed E-state index contributed by atoms with van der Waals surface area (Å²) < 4.78 is 41.6. The van der Waals surface area contributed by atoms with Gasteiger partial charge in [0.2, 0.25) is 0 Å². The molecule has 0 aliphatic rings. The van der Waals surface area contributed by atoms with Gasteiger partial charge in [-0.15, -0.1) is 0 Å². The van der Waals surface area contributed by atoms with E-state index in [1.807, 2.05) is 23.6 Å². The van der Waals surface area contributed by atoms with E-state index >= 15 is 0 Å². The molecule has 10 heteroatoms. The van der Waals surface area contributed by atoms with Gasteiger partial charge in [-0.1, -0.05) is 23.3 Å². The Labute approximate surface area is 212 Å². The quantitative estimate of drug-likeness (QED) is 0.283. The van der Waals surface area contributed by atoms with Gasteiger partial charge in [-0.3, -0.25) is 9.78 Å². The number of aromatic amines is 1. The number of nitrogens with zero attached hydrogens (tertiary/aromatic N) is 3. The predicted molar refractivity (Wildman–Crippen MR) is 140 cm³/mol. The topological polar surface area (TPSA) is 118 Å². The Hall–Kier alpha value is -4.23. The van der Waals surface area contributed by atoms with E-state index in [9.17, 15) is 22.4 Å². The van der Waals surface area contributed by atoms with Crippen molar-refractivity contribution in [2.45, 2.75) is 39.7 Å². The summed E-state index contributed by atoms with van der Waals surface area (Å²) >= 11 is 0. The number of hydrogen-bond acceptors (Lipinski definition) is 6. The van der Waals surface area contributed by atoms with Gasteiger partial charge in [-0.2, -0.15) is 13.7 Å². The van der Waals surface area contributed by atoms with Crippen molar-refractivity contribution in [2.75, 3.05) is 0 Å². The van der Waals surface area contributed by atoms with Crippen LogP contribution < -0.4 is 9.61 Å². The molecule has 0 atom stereocenters. The number of unbranched alkanes of at least 4 members (excludes halogenated alkanes) is 1. The van der Waals surface area contributed by atoms with Gasteiger partial charge in [0.25, 0.3) is 0 Å². The van der Waals surface area contributed by atoms with Gasteiger partial charge in [-0.05, 0) is 61.2 Å². The molecule has 3 heterocycles. The average molecular weight is 519 g/mol. The molecule has 0 aliphatic carbocycles. The number of halogens is 1. The second kappa shape index (κ2) is 9.33. The zero-order valence-corrected chi connectivity index (χ0v) is 21.0. The largest absolute Gasteiger partial charge is 0.488 e. The van der Waals surface area contributed by atoms with Crippen LogP contribution in [0.1, 0.15) is 37.8 Å². The molecular weight excluding hydrogens is 495 g/mol. The lowest BCUT2D eigenvalue weighted by Crippen LogP contribution is -2.11. The lowest BCUT2D eigenvalue weighted by molar-refractivity contribution is 0.439. The maximum atomic E-state index is 13.8. The van der Waals surface area contributed by atoms with Crippen molar-refractivity contribution < 1.29 is 16.5 Å². The number of nitriles is 1. The van der Waals surface area contributed by atoms with Gasteiger partial charge in [0, 0.05) is 34.6 Å². The molecule has 0 saturated carbocycles. The summed E-state index contributed by atoms with van der Waals surface area (Å²) in [5, 5.41) is 11.2. The van der Waals surface area contributed by atoms with E-state index < -0.39 is 10.5 Å². The minimum absolute atomic E-state index is 0.117. The van der Waals surface area contributed by atoms with E-state index in [4.69, 9.17) is 0 Å². The van der Waals surface area contributed by atoms with Gasteiger partial charge < -0.3 is 13.7 Å². The third kappa shape index (κ3) is 4.42. The van der Waals surface area contributed by atoms with Crippen LogP contribution in [0.4, 0.5) is 3.89 Å². The van der Waals surface area contributed by atoms with Crippen LogP contribution in [0.5, 0.6) is 5.75 Å². The lowest BCUT2D eigenvalue weighted by Gasteiger charge is -2.16. The number of aromatic nitrogens is 3. The van der Waals surface area contributed by atoms with Gasteiger partial charge in [0.1, 0.15) is 5.65 Å². The van der Waals surface area contributed by atoms with Crippen LogP contribution in [-0.2, 0) is 23.5 Å². The molecule has 0 radical (unpaired) electrons. The van der Waals surface area contributed by atoms with Gasteiger partial charge >= 0.3 is 10.5 Å². The van der Waals surface area contributed by atoms with E-state index in [1.165, 1.54) is 6.07 Å². The SMILES string of the molecule is CCCCc1cc2c(=O)c3c4ccc(C#N)cc4[nH]c3n(CC)c2cc1-c1cncc(OS(=O)(=O)F)c1. The van der Waals surface area contributed by atoms with Gasteiger partial charge in [0.15, 0.2) is 11.2 Å².